The first kappa shape index (κ1) is 16.8. The average molecular weight is 338 g/mol. The fourth-order valence-corrected chi connectivity index (χ4v) is 2.65. The van der Waals surface area contributed by atoms with E-state index in [0.717, 1.165) is 17.2 Å². The highest BCUT2D eigenvalue weighted by molar-refractivity contribution is 5.95. The maximum Gasteiger partial charge on any atom is 0.251 e. The Morgan fingerprint density at radius 3 is 2.64 bits per heavy atom. The van der Waals surface area contributed by atoms with Gasteiger partial charge in [-0.25, -0.2) is 4.39 Å². The minimum atomic E-state index is -0.381. The highest BCUT2D eigenvalue weighted by atomic mass is 19.1. The number of amides is 1. The zero-order valence-electron chi connectivity index (χ0n) is 14.2. The quantitative estimate of drug-likeness (QED) is 0.778. The van der Waals surface area contributed by atoms with E-state index < -0.39 is 0 Å². The van der Waals surface area contributed by atoms with Gasteiger partial charge in [0.15, 0.2) is 5.82 Å². The number of halogens is 1. The molecular formula is C19H19FN4O. The second-order valence-electron chi connectivity index (χ2n) is 5.78. The second kappa shape index (κ2) is 7.25. The summed E-state index contributed by atoms with van der Waals surface area (Å²) in [5.74, 6) is 0.883. The van der Waals surface area contributed by atoms with E-state index in [0.29, 0.717) is 24.1 Å². The number of nitrogens with one attached hydrogen (secondary N) is 1. The Bertz CT molecular complexity index is 890. The molecule has 0 saturated carbocycles. The van der Waals surface area contributed by atoms with Gasteiger partial charge in [0, 0.05) is 31.1 Å². The van der Waals surface area contributed by atoms with Crippen LogP contribution in [0, 0.1) is 12.7 Å². The summed E-state index contributed by atoms with van der Waals surface area (Å²) in [5.41, 5.74) is 1.69. The largest absolute Gasteiger partial charge is 0.352 e. The van der Waals surface area contributed by atoms with Gasteiger partial charge in [-0.1, -0.05) is 36.4 Å². The van der Waals surface area contributed by atoms with Crippen LogP contribution in [-0.4, -0.2) is 27.2 Å². The molecule has 0 aliphatic carbocycles. The highest BCUT2D eigenvalue weighted by Gasteiger charge is 2.13. The van der Waals surface area contributed by atoms with Crippen molar-refractivity contribution in [2.45, 2.75) is 13.3 Å². The van der Waals surface area contributed by atoms with Crippen molar-refractivity contribution in [3.05, 3.63) is 71.3 Å². The number of rotatable bonds is 5. The van der Waals surface area contributed by atoms with Gasteiger partial charge < -0.3 is 9.88 Å². The molecule has 5 nitrogen and oxygen atoms in total. The third-order valence-corrected chi connectivity index (χ3v) is 4.14. The van der Waals surface area contributed by atoms with E-state index in [2.05, 4.69) is 15.5 Å². The highest BCUT2D eigenvalue weighted by Crippen LogP contribution is 2.16. The molecule has 0 unspecified atom stereocenters. The lowest BCUT2D eigenvalue weighted by Crippen LogP contribution is -2.27. The van der Waals surface area contributed by atoms with Gasteiger partial charge >= 0.3 is 0 Å². The fourth-order valence-electron chi connectivity index (χ4n) is 2.65. The van der Waals surface area contributed by atoms with Crippen LogP contribution < -0.4 is 5.32 Å². The Kier molecular flexibility index (Phi) is 4.88. The molecular weight excluding hydrogens is 319 g/mol. The number of carbonyl (C=O) groups is 1. The average Bonchev–Trinajstić information content (AvgIpc) is 2.99. The summed E-state index contributed by atoms with van der Waals surface area (Å²) in [6.07, 6.45) is 0.538. The molecule has 6 heteroatoms. The van der Waals surface area contributed by atoms with Gasteiger partial charge in [-0.15, -0.1) is 10.2 Å². The first-order chi connectivity index (χ1) is 12.1. The van der Waals surface area contributed by atoms with Crippen LogP contribution in [0.2, 0.25) is 0 Å². The van der Waals surface area contributed by atoms with Gasteiger partial charge in [-0.05, 0) is 24.6 Å². The lowest BCUT2D eigenvalue weighted by atomic mass is 10.1. The standard InChI is InChI=1S/C19H19FN4O/c1-13-15(9-6-10-16(13)20)19(25)21-12-11-17-22-23-18(24(17)2)14-7-4-3-5-8-14/h3-10H,11-12H2,1-2H3,(H,21,25). The van der Waals surface area contributed by atoms with E-state index in [4.69, 9.17) is 0 Å². The molecule has 0 aliphatic heterocycles. The Balaban J connectivity index is 1.64. The van der Waals surface area contributed by atoms with Gasteiger partial charge in [0.1, 0.15) is 11.6 Å². The summed E-state index contributed by atoms with van der Waals surface area (Å²) in [5, 5.41) is 11.2. The van der Waals surface area contributed by atoms with Crippen LogP contribution in [0.1, 0.15) is 21.7 Å². The molecule has 0 spiro atoms. The zero-order chi connectivity index (χ0) is 17.8. The van der Waals surface area contributed by atoms with Crippen LogP contribution in [0.5, 0.6) is 0 Å². The molecule has 3 rings (SSSR count). The molecule has 0 bridgehead atoms. The van der Waals surface area contributed by atoms with Crippen molar-refractivity contribution in [1.82, 2.24) is 20.1 Å². The normalized spacial score (nSPS) is 10.7. The van der Waals surface area contributed by atoms with E-state index >= 15 is 0 Å². The van der Waals surface area contributed by atoms with Crippen LogP contribution in [-0.2, 0) is 13.5 Å². The Morgan fingerprint density at radius 1 is 1.12 bits per heavy atom. The Hall–Kier alpha value is -3.02. The summed E-state index contributed by atoms with van der Waals surface area (Å²) in [7, 11) is 1.90. The summed E-state index contributed by atoms with van der Waals surface area (Å²) in [4.78, 5) is 12.2. The minimum Gasteiger partial charge on any atom is -0.352 e. The lowest BCUT2D eigenvalue weighted by Gasteiger charge is -2.08. The van der Waals surface area contributed by atoms with E-state index in [1.807, 2.05) is 41.9 Å². The van der Waals surface area contributed by atoms with Crippen molar-refractivity contribution in [3.8, 4) is 11.4 Å². The maximum absolute atomic E-state index is 13.5. The van der Waals surface area contributed by atoms with E-state index in [1.165, 1.54) is 12.1 Å². The first-order valence-electron chi connectivity index (χ1n) is 8.05. The molecule has 2 aromatic carbocycles. The summed E-state index contributed by atoms with van der Waals surface area (Å²) >= 11 is 0. The molecule has 1 N–H and O–H groups in total. The van der Waals surface area contributed by atoms with E-state index in [-0.39, 0.29) is 11.7 Å². The summed E-state index contributed by atoms with van der Waals surface area (Å²) in [6, 6.07) is 14.3. The van der Waals surface area contributed by atoms with E-state index in [1.54, 1.807) is 13.0 Å². The number of nitrogens with zero attached hydrogens (tertiary/aromatic N) is 3. The molecule has 0 fully saturated rings. The third kappa shape index (κ3) is 3.57. The lowest BCUT2D eigenvalue weighted by molar-refractivity contribution is 0.0952. The molecule has 0 saturated heterocycles. The molecule has 25 heavy (non-hydrogen) atoms. The maximum atomic E-state index is 13.5. The SMILES string of the molecule is Cc1c(F)cccc1C(=O)NCCc1nnc(-c2ccccc2)n1C. The van der Waals surface area contributed by atoms with Crippen molar-refractivity contribution in [1.29, 1.82) is 0 Å². The van der Waals surface area contributed by atoms with Crippen LogP contribution in [0.15, 0.2) is 48.5 Å². The van der Waals surface area contributed by atoms with Gasteiger partial charge in [0.2, 0.25) is 0 Å². The Labute approximate surface area is 145 Å². The molecule has 0 aliphatic rings. The molecule has 1 aromatic heterocycles. The molecule has 0 radical (unpaired) electrons. The molecule has 1 amide bonds. The predicted octanol–water partition coefficient (Wildman–Crippen LogP) is 2.90. The van der Waals surface area contributed by atoms with Gasteiger partial charge in [-0.3, -0.25) is 4.79 Å². The van der Waals surface area contributed by atoms with Crippen LogP contribution in [0.3, 0.4) is 0 Å². The van der Waals surface area contributed by atoms with Gasteiger partial charge in [0.25, 0.3) is 5.91 Å². The third-order valence-electron chi connectivity index (χ3n) is 4.14. The van der Waals surface area contributed by atoms with Gasteiger partial charge in [-0.2, -0.15) is 0 Å². The number of aromatic nitrogens is 3. The smallest absolute Gasteiger partial charge is 0.251 e. The summed E-state index contributed by atoms with van der Waals surface area (Å²) in [6.45, 7) is 1.99. The zero-order valence-corrected chi connectivity index (χ0v) is 14.2. The molecule has 1 heterocycles. The minimum absolute atomic E-state index is 0.289. The van der Waals surface area contributed by atoms with Crippen LogP contribution in [0.25, 0.3) is 11.4 Å². The molecule has 128 valence electrons. The number of hydrogen-bond donors (Lipinski definition) is 1. The van der Waals surface area contributed by atoms with Crippen molar-refractivity contribution < 1.29 is 9.18 Å². The van der Waals surface area contributed by atoms with Crippen molar-refractivity contribution in [2.24, 2.45) is 7.05 Å². The van der Waals surface area contributed by atoms with E-state index in [9.17, 15) is 9.18 Å². The topological polar surface area (TPSA) is 59.8 Å². The number of benzene rings is 2. The monoisotopic (exact) mass is 338 g/mol. The predicted molar refractivity (Wildman–Crippen MR) is 93.6 cm³/mol. The fraction of sp³-hybridized carbons (Fsp3) is 0.211. The Morgan fingerprint density at radius 2 is 1.88 bits per heavy atom. The van der Waals surface area contributed by atoms with Crippen molar-refractivity contribution in [3.63, 3.8) is 0 Å². The number of carbonyl (C=O) groups excluding carboxylic acids is 1. The van der Waals surface area contributed by atoms with Crippen LogP contribution in [0.4, 0.5) is 4.39 Å². The van der Waals surface area contributed by atoms with Crippen molar-refractivity contribution in [2.75, 3.05) is 6.54 Å². The van der Waals surface area contributed by atoms with Crippen molar-refractivity contribution >= 4 is 5.91 Å². The first-order valence-corrected chi connectivity index (χ1v) is 8.05. The van der Waals surface area contributed by atoms with Gasteiger partial charge in [0.05, 0.1) is 0 Å². The second-order valence-corrected chi connectivity index (χ2v) is 5.78. The number of hydrogen-bond acceptors (Lipinski definition) is 3. The summed E-state index contributed by atoms with van der Waals surface area (Å²) < 4.78 is 15.5. The van der Waals surface area contributed by atoms with Crippen LogP contribution >= 0.6 is 0 Å². The molecule has 0 atom stereocenters. The molecule has 3 aromatic rings.